The maximum atomic E-state index is 12.4. The van der Waals surface area contributed by atoms with Gasteiger partial charge in [-0.1, -0.05) is 42.5 Å². The lowest BCUT2D eigenvalue weighted by Gasteiger charge is -2.09. The zero-order valence-corrected chi connectivity index (χ0v) is 16.4. The molecular weight excluding hydrogens is 364 g/mol. The van der Waals surface area contributed by atoms with Crippen molar-refractivity contribution in [1.82, 2.24) is 5.32 Å². The van der Waals surface area contributed by atoms with Gasteiger partial charge in [-0.15, -0.1) is 0 Å². The van der Waals surface area contributed by atoms with Crippen LogP contribution in [-0.4, -0.2) is 18.9 Å². The van der Waals surface area contributed by atoms with Crippen molar-refractivity contribution in [3.63, 3.8) is 0 Å². The molecule has 0 aliphatic rings. The molecule has 0 unspecified atom stereocenters. The molecule has 0 spiro atoms. The molecule has 0 heterocycles. The molecule has 148 valence electrons. The van der Waals surface area contributed by atoms with E-state index in [4.69, 9.17) is 4.74 Å². The van der Waals surface area contributed by atoms with E-state index < -0.39 is 0 Å². The smallest absolute Gasteiger partial charge is 0.255 e. The van der Waals surface area contributed by atoms with Gasteiger partial charge in [0.25, 0.3) is 5.91 Å². The molecule has 5 heteroatoms. The van der Waals surface area contributed by atoms with Gasteiger partial charge < -0.3 is 15.4 Å². The summed E-state index contributed by atoms with van der Waals surface area (Å²) in [5.74, 6) is 0.544. The van der Waals surface area contributed by atoms with Gasteiger partial charge >= 0.3 is 0 Å². The first kappa shape index (κ1) is 20.1. The van der Waals surface area contributed by atoms with Crippen LogP contribution in [0.1, 0.15) is 27.9 Å². The van der Waals surface area contributed by atoms with Gasteiger partial charge in [-0.25, -0.2) is 0 Å². The number of rotatable bonds is 8. The van der Waals surface area contributed by atoms with Crippen molar-refractivity contribution >= 4 is 17.5 Å². The van der Waals surface area contributed by atoms with E-state index >= 15 is 0 Å². The molecule has 3 aromatic carbocycles. The van der Waals surface area contributed by atoms with Gasteiger partial charge in [-0.05, 0) is 53.9 Å². The van der Waals surface area contributed by atoms with Crippen molar-refractivity contribution in [3.8, 4) is 5.75 Å². The second kappa shape index (κ2) is 10.1. The summed E-state index contributed by atoms with van der Waals surface area (Å²) in [5.41, 5.74) is 3.41. The fourth-order valence-electron chi connectivity index (χ4n) is 2.78. The van der Waals surface area contributed by atoms with Gasteiger partial charge in [-0.3, -0.25) is 9.59 Å². The summed E-state index contributed by atoms with van der Waals surface area (Å²) in [5, 5.41) is 5.49. The topological polar surface area (TPSA) is 67.4 Å². The Morgan fingerprint density at radius 2 is 1.52 bits per heavy atom. The van der Waals surface area contributed by atoms with E-state index in [1.807, 2.05) is 54.6 Å². The number of carbonyl (C=O) groups is 2. The van der Waals surface area contributed by atoms with Crippen LogP contribution in [0.5, 0.6) is 5.75 Å². The number of hydrogen-bond acceptors (Lipinski definition) is 3. The van der Waals surface area contributed by atoms with Gasteiger partial charge in [0.1, 0.15) is 12.4 Å². The molecule has 2 N–H and O–H groups in total. The van der Waals surface area contributed by atoms with Crippen molar-refractivity contribution in [2.45, 2.75) is 19.4 Å². The summed E-state index contributed by atoms with van der Waals surface area (Å²) in [6, 6.07) is 24.5. The molecule has 0 atom stereocenters. The van der Waals surface area contributed by atoms with Crippen LogP contribution >= 0.6 is 0 Å². The highest BCUT2D eigenvalue weighted by molar-refractivity contribution is 6.04. The second-order valence-corrected chi connectivity index (χ2v) is 6.62. The third-order valence-corrected chi connectivity index (χ3v) is 4.50. The highest BCUT2D eigenvalue weighted by Crippen LogP contribution is 2.16. The Balaban J connectivity index is 1.51. The van der Waals surface area contributed by atoms with Crippen LogP contribution in [0.4, 0.5) is 5.69 Å². The standard InChI is InChI=1S/C24H24N2O3/c1-25-23(27)16-9-18-7-12-21(13-8-18)26-24(28)20-10-14-22(15-11-20)29-17-19-5-3-2-4-6-19/h2-8,10-15H,9,16-17H2,1H3,(H,25,27)(H,26,28). The average molecular weight is 388 g/mol. The van der Waals surface area contributed by atoms with Crippen LogP contribution < -0.4 is 15.4 Å². The average Bonchev–Trinajstić information content (AvgIpc) is 2.78. The Kier molecular flexibility index (Phi) is 7.00. The molecule has 0 aromatic heterocycles. The first-order valence-corrected chi connectivity index (χ1v) is 9.52. The minimum atomic E-state index is -0.183. The number of amides is 2. The molecular formula is C24H24N2O3. The predicted octanol–water partition coefficient (Wildman–Crippen LogP) is 4.20. The van der Waals surface area contributed by atoms with Crippen LogP contribution in [0, 0.1) is 0 Å². The number of aryl methyl sites for hydroxylation is 1. The van der Waals surface area contributed by atoms with E-state index in [1.165, 1.54) is 0 Å². The zero-order valence-electron chi connectivity index (χ0n) is 16.4. The normalized spacial score (nSPS) is 10.2. The quantitative estimate of drug-likeness (QED) is 0.608. The van der Waals surface area contributed by atoms with Crippen molar-refractivity contribution in [1.29, 1.82) is 0 Å². The van der Waals surface area contributed by atoms with Crippen LogP contribution in [0.15, 0.2) is 78.9 Å². The van der Waals surface area contributed by atoms with E-state index in [2.05, 4.69) is 10.6 Å². The lowest BCUT2D eigenvalue weighted by atomic mass is 10.1. The van der Waals surface area contributed by atoms with E-state index in [0.717, 1.165) is 11.1 Å². The number of ether oxygens (including phenoxy) is 1. The van der Waals surface area contributed by atoms with Gasteiger partial charge in [-0.2, -0.15) is 0 Å². The Morgan fingerprint density at radius 1 is 0.828 bits per heavy atom. The van der Waals surface area contributed by atoms with Gasteiger partial charge in [0, 0.05) is 24.7 Å². The van der Waals surface area contributed by atoms with Crippen LogP contribution in [0.3, 0.4) is 0 Å². The van der Waals surface area contributed by atoms with Gasteiger partial charge in [0.15, 0.2) is 0 Å². The summed E-state index contributed by atoms with van der Waals surface area (Å²) in [6.45, 7) is 0.485. The molecule has 0 aliphatic carbocycles. The molecule has 5 nitrogen and oxygen atoms in total. The first-order valence-electron chi connectivity index (χ1n) is 9.52. The maximum absolute atomic E-state index is 12.4. The number of benzene rings is 3. The Morgan fingerprint density at radius 3 is 2.17 bits per heavy atom. The molecule has 0 radical (unpaired) electrons. The largest absolute Gasteiger partial charge is 0.489 e. The third-order valence-electron chi connectivity index (χ3n) is 4.50. The minimum absolute atomic E-state index is 0.0126. The molecule has 29 heavy (non-hydrogen) atoms. The molecule has 3 aromatic rings. The first-order chi connectivity index (χ1) is 14.1. The lowest BCUT2D eigenvalue weighted by Crippen LogP contribution is -2.17. The third kappa shape index (κ3) is 6.21. The van der Waals surface area contributed by atoms with Crippen LogP contribution in [0.25, 0.3) is 0 Å². The maximum Gasteiger partial charge on any atom is 0.255 e. The predicted molar refractivity (Wildman–Crippen MR) is 114 cm³/mol. The van der Waals surface area contributed by atoms with Gasteiger partial charge in [0.05, 0.1) is 0 Å². The Labute approximate surface area is 170 Å². The highest BCUT2D eigenvalue weighted by Gasteiger charge is 2.07. The number of anilines is 1. The summed E-state index contributed by atoms with van der Waals surface area (Å²) < 4.78 is 5.75. The van der Waals surface area contributed by atoms with Crippen LogP contribution in [0.2, 0.25) is 0 Å². The zero-order chi connectivity index (χ0) is 20.5. The van der Waals surface area contributed by atoms with Gasteiger partial charge in [0.2, 0.25) is 5.91 Å². The van der Waals surface area contributed by atoms with Crippen LogP contribution in [-0.2, 0) is 17.8 Å². The summed E-state index contributed by atoms with van der Waals surface area (Å²) >= 11 is 0. The number of carbonyl (C=O) groups excluding carboxylic acids is 2. The summed E-state index contributed by atoms with van der Waals surface area (Å²) in [7, 11) is 1.63. The SMILES string of the molecule is CNC(=O)CCc1ccc(NC(=O)c2ccc(OCc3ccccc3)cc2)cc1. The number of hydrogen-bond donors (Lipinski definition) is 2. The Hall–Kier alpha value is -3.60. The van der Waals surface area contributed by atoms with Crippen molar-refractivity contribution < 1.29 is 14.3 Å². The molecule has 0 aliphatic heterocycles. The number of nitrogens with one attached hydrogen (secondary N) is 2. The lowest BCUT2D eigenvalue weighted by molar-refractivity contribution is -0.120. The fraction of sp³-hybridized carbons (Fsp3) is 0.167. The van der Waals surface area contributed by atoms with E-state index in [1.54, 1.807) is 31.3 Å². The van der Waals surface area contributed by atoms with E-state index in [-0.39, 0.29) is 11.8 Å². The van der Waals surface area contributed by atoms with Crippen molar-refractivity contribution in [3.05, 3.63) is 95.6 Å². The Bertz CT molecular complexity index is 936. The molecule has 2 amide bonds. The summed E-state index contributed by atoms with van der Waals surface area (Å²) in [6.07, 6.45) is 1.11. The van der Waals surface area contributed by atoms with E-state index in [9.17, 15) is 9.59 Å². The minimum Gasteiger partial charge on any atom is -0.489 e. The molecule has 0 bridgehead atoms. The van der Waals surface area contributed by atoms with Crippen molar-refractivity contribution in [2.75, 3.05) is 12.4 Å². The summed E-state index contributed by atoms with van der Waals surface area (Å²) in [4.78, 5) is 23.8. The van der Waals surface area contributed by atoms with Crippen molar-refractivity contribution in [2.24, 2.45) is 0 Å². The monoisotopic (exact) mass is 388 g/mol. The molecule has 0 saturated carbocycles. The second-order valence-electron chi connectivity index (χ2n) is 6.62. The fourth-order valence-corrected chi connectivity index (χ4v) is 2.78. The van der Waals surface area contributed by atoms with E-state index in [0.29, 0.717) is 36.4 Å². The highest BCUT2D eigenvalue weighted by atomic mass is 16.5. The molecule has 3 rings (SSSR count). The molecule has 0 fully saturated rings. The molecule has 0 saturated heterocycles.